The van der Waals surface area contributed by atoms with Gasteiger partial charge in [0.2, 0.25) is 0 Å². The second kappa shape index (κ2) is 6.33. The molecule has 3 atom stereocenters. The molecule has 0 amide bonds. The first-order valence-electron chi connectivity index (χ1n) is 8.51. The molecular formula is C17H20F3N5. The molecule has 2 aliphatic rings. The Morgan fingerprint density at radius 2 is 2.08 bits per heavy atom. The van der Waals surface area contributed by atoms with Gasteiger partial charge >= 0.3 is 6.18 Å². The van der Waals surface area contributed by atoms with Gasteiger partial charge in [-0.3, -0.25) is 5.10 Å². The Morgan fingerprint density at radius 1 is 1.20 bits per heavy atom. The van der Waals surface area contributed by atoms with Crippen molar-refractivity contribution in [3.63, 3.8) is 0 Å². The molecule has 0 bridgehead atoms. The number of alkyl halides is 3. The lowest BCUT2D eigenvalue weighted by atomic mass is 9.98. The van der Waals surface area contributed by atoms with E-state index >= 15 is 0 Å². The molecule has 0 radical (unpaired) electrons. The molecule has 0 unspecified atom stereocenters. The molecule has 25 heavy (non-hydrogen) atoms. The summed E-state index contributed by atoms with van der Waals surface area (Å²) in [6.07, 6.45) is -0.473. The summed E-state index contributed by atoms with van der Waals surface area (Å²) in [5.41, 5.74) is 0.217. The van der Waals surface area contributed by atoms with Gasteiger partial charge in [0.1, 0.15) is 11.5 Å². The van der Waals surface area contributed by atoms with E-state index in [1.165, 1.54) is 6.07 Å². The number of aromatic amines is 1. The number of H-pyrrole nitrogens is 1. The highest BCUT2D eigenvalue weighted by Gasteiger charge is 2.43. The fourth-order valence-corrected chi connectivity index (χ4v) is 4.09. The lowest BCUT2D eigenvalue weighted by Crippen LogP contribution is -2.35. The Balaban J connectivity index is 1.42. The van der Waals surface area contributed by atoms with Gasteiger partial charge in [0.05, 0.1) is 0 Å². The summed E-state index contributed by atoms with van der Waals surface area (Å²) in [4.78, 5) is 5.83. The zero-order valence-corrected chi connectivity index (χ0v) is 13.6. The van der Waals surface area contributed by atoms with Crippen LogP contribution in [0.2, 0.25) is 0 Å². The summed E-state index contributed by atoms with van der Waals surface area (Å²) >= 11 is 0. The van der Waals surface area contributed by atoms with Crippen LogP contribution in [0.15, 0.2) is 30.5 Å². The SMILES string of the molecule is FC(F)(F)c1cccc(N2C[C@H]3CC[C@H](NCc4ccn[nH]4)[C@H]3C2)n1. The highest BCUT2D eigenvalue weighted by atomic mass is 19.4. The quantitative estimate of drug-likeness (QED) is 0.889. The van der Waals surface area contributed by atoms with Crippen molar-refractivity contribution in [2.45, 2.75) is 31.6 Å². The highest BCUT2D eigenvalue weighted by molar-refractivity contribution is 5.42. The van der Waals surface area contributed by atoms with E-state index in [0.29, 0.717) is 23.7 Å². The molecule has 4 rings (SSSR count). The number of anilines is 1. The largest absolute Gasteiger partial charge is 0.433 e. The van der Waals surface area contributed by atoms with Gasteiger partial charge in [-0.1, -0.05) is 6.07 Å². The topological polar surface area (TPSA) is 56.8 Å². The third kappa shape index (κ3) is 3.35. The minimum Gasteiger partial charge on any atom is -0.356 e. The van der Waals surface area contributed by atoms with Gasteiger partial charge in [-0.05, 0) is 42.9 Å². The summed E-state index contributed by atoms with van der Waals surface area (Å²) in [6, 6.07) is 6.45. The number of halogens is 3. The predicted octanol–water partition coefficient (Wildman–Crippen LogP) is 2.83. The average Bonchev–Trinajstić information content (AvgIpc) is 3.30. The second-order valence-electron chi connectivity index (χ2n) is 6.85. The van der Waals surface area contributed by atoms with Gasteiger partial charge in [0, 0.05) is 37.6 Å². The molecule has 3 heterocycles. The number of nitrogens with one attached hydrogen (secondary N) is 2. The van der Waals surface area contributed by atoms with E-state index in [-0.39, 0.29) is 0 Å². The van der Waals surface area contributed by atoms with E-state index in [1.807, 2.05) is 11.0 Å². The third-order valence-electron chi connectivity index (χ3n) is 5.32. The minimum atomic E-state index is -4.40. The van der Waals surface area contributed by atoms with Crippen molar-refractivity contribution < 1.29 is 13.2 Å². The molecule has 0 aromatic carbocycles. The zero-order chi connectivity index (χ0) is 17.4. The Kier molecular flexibility index (Phi) is 4.15. The molecule has 134 valence electrons. The molecule has 2 aromatic heterocycles. The molecular weight excluding hydrogens is 331 g/mol. The van der Waals surface area contributed by atoms with Crippen molar-refractivity contribution in [1.82, 2.24) is 20.5 Å². The van der Waals surface area contributed by atoms with Crippen LogP contribution in [0.25, 0.3) is 0 Å². The van der Waals surface area contributed by atoms with Crippen LogP contribution in [-0.4, -0.2) is 34.3 Å². The number of pyridine rings is 1. The summed E-state index contributed by atoms with van der Waals surface area (Å²) in [7, 11) is 0. The maximum atomic E-state index is 12.9. The zero-order valence-electron chi connectivity index (χ0n) is 13.6. The maximum Gasteiger partial charge on any atom is 0.433 e. The highest BCUT2D eigenvalue weighted by Crippen LogP contribution is 2.40. The van der Waals surface area contributed by atoms with Crippen molar-refractivity contribution in [2.75, 3.05) is 18.0 Å². The molecule has 2 aromatic rings. The second-order valence-corrected chi connectivity index (χ2v) is 6.85. The number of hydrogen-bond donors (Lipinski definition) is 2. The standard InChI is InChI=1S/C17H20F3N5/c18-17(19,20)15-2-1-3-16(23-15)25-9-11-4-5-14(13(11)10-25)21-8-12-6-7-22-24-12/h1-3,6-7,11,13-14,21H,4-5,8-10H2,(H,22,24)/t11-,13+,14+/m1/s1. The molecule has 5 nitrogen and oxygen atoms in total. The Morgan fingerprint density at radius 3 is 2.84 bits per heavy atom. The van der Waals surface area contributed by atoms with Crippen molar-refractivity contribution >= 4 is 5.82 Å². The summed E-state index contributed by atoms with van der Waals surface area (Å²) in [6.45, 7) is 2.26. The maximum absolute atomic E-state index is 12.9. The van der Waals surface area contributed by atoms with Crippen molar-refractivity contribution in [3.05, 3.63) is 41.9 Å². The van der Waals surface area contributed by atoms with E-state index in [4.69, 9.17) is 0 Å². The number of nitrogens with zero attached hydrogens (tertiary/aromatic N) is 3. The van der Waals surface area contributed by atoms with Gasteiger partial charge in [0.25, 0.3) is 0 Å². The molecule has 1 aliphatic carbocycles. The fourth-order valence-electron chi connectivity index (χ4n) is 4.09. The first-order valence-corrected chi connectivity index (χ1v) is 8.51. The Labute approximate surface area is 143 Å². The molecule has 0 spiro atoms. The third-order valence-corrected chi connectivity index (χ3v) is 5.32. The Bertz CT molecular complexity index is 715. The van der Waals surface area contributed by atoms with E-state index < -0.39 is 11.9 Å². The first kappa shape index (κ1) is 16.4. The molecule has 1 saturated heterocycles. The number of rotatable bonds is 4. The van der Waals surface area contributed by atoms with Crippen molar-refractivity contribution in [1.29, 1.82) is 0 Å². The van der Waals surface area contributed by atoms with Gasteiger partial charge in [-0.2, -0.15) is 18.3 Å². The summed E-state index contributed by atoms with van der Waals surface area (Å²) in [5.74, 6) is 1.38. The van der Waals surface area contributed by atoms with E-state index in [1.54, 1.807) is 12.3 Å². The molecule has 2 fully saturated rings. The predicted molar refractivity (Wildman–Crippen MR) is 86.9 cm³/mol. The summed E-state index contributed by atoms with van der Waals surface area (Å²) < 4.78 is 38.7. The number of hydrogen-bond acceptors (Lipinski definition) is 4. The molecule has 2 N–H and O–H groups in total. The van der Waals surface area contributed by atoms with Gasteiger partial charge in [0.15, 0.2) is 0 Å². The van der Waals surface area contributed by atoms with E-state index in [2.05, 4.69) is 20.5 Å². The summed E-state index contributed by atoms with van der Waals surface area (Å²) in [5, 5.41) is 10.4. The fraction of sp³-hybridized carbons (Fsp3) is 0.529. The van der Waals surface area contributed by atoms with Crippen LogP contribution in [0.5, 0.6) is 0 Å². The lowest BCUT2D eigenvalue weighted by Gasteiger charge is -2.22. The smallest absolute Gasteiger partial charge is 0.356 e. The van der Waals surface area contributed by atoms with Gasteiger partial charge in [-0.15, -0.1) is 0 Å². The number of aromatic nitrogens is 3. The average molecular weight is 351 g/mol. The van der Waals surface area contributed by atoms with Gasteiger partial charge in [-0.25, -0.2) is 4.98 Å². The Hall–Kier alpha value is -2.09. The van der Waals surface area contributed by atoms with Crippen LogP contribution < -0.4 is 10.2 Å². The van der Waals surface area contributed by atoms with Gasteiger partial charge < -0.3 is 10.2 Å². The van der Waals surface area contributed by atoms with E-state index in [9.17, 15) is 13.2 Å². The van der Waals surface area contributed by atoms with Crippen LogP contribution in [0.4, 0.5) is 19.0 Å². The molecule has 1 aliphatic heterocycles. The molecule has 8 heteroatoms. The number of fused-ring (bicyclic) bond motifs is 1. The van der Waals surface area contributed by atoms with Crippen LogP contribution >= 0.6 is 0 Å². The first-order chi connectivity index (χ1) is 12.0. The monoisotopic (exact) mass is 351 g/mol. The van der Waals surface area contributed by atoms with Crippen LogP contribution in [0.3, 0.4) is 0 Å². The van der Waals surface area contributed by atoms with Crippen LogP contribution in [0.1, 0.15) is 24.2 Å². The normalized spacial score (nSPS) is 26.2. The van der Waals surface area contributed by atoms with E-state index in [0.717, 1.165) is 44.2 Å². The van der Waals surface area contributed by atoms with Crippen LogP contribution in [-0.2, 0) is 12.7 Å². The lowest BCUT2D eigenvalue weighted by molar-refractivity contribution is -0.141. The van der Waals surface area contributed by atoms with Crippen LogP contribution in [0, 0.1) is 11.8 Å². The van der Waals surface area contributed by atoms with Crippen molar-refractivity contribution in [2.24, 2.45) is 11.8 Å². The molecule has 1 saturated carbocycles. The van der Waals surface area contributed by atoms with Crippen molar-refractivity contribution in [3.8, 4) is 0 Å². The minimum absolute atomic E-state index is 0.379.